The fraction of sp³-hybridized carbons (Fsp3) is 0.176. The van der Waals surface area contributed by atoms with Crippen molar-refractivity contribution in [1.82, 2.24) is 0 Å². The molecule has 0 bridgehead atoms. The Morgan fingerprint density at radius 3 is 2.21 bits per heavy atom. The highest BCUT2D eigenvalue weighted by Gasteiger charge is 2.29. The molecule has 0 radical (unpaired) electrons. The quantitative estimate of drug-likeness (QED) is 0.651. The van der Waals surface area contributed by atoms with Crippen LogP contribution in [0.25, 0.3) is 0 Å². The molecule has 2 aromatic carbocycles. The summed E-state index contributed by atoms with van der Waals surface area (Å²) < 4.78 is 0. The summed E-state index contributed by atoms with van der Waals surface area (Å²) in [5.74, 6) is -0.284. The van der Waals surface area contributed by atoms with Crippen LogP contribution in [0.5, 0.6) is 0 Å². The third-order valence-electron chi connectivity index (χ3n) is 3.68. The van der Waals surface area contributed by atoms with E-state index in [1.54, 1.807) is 24.3 Å². The second-order valence-corrected chi connectivity index (χ2v) is 5.60. The summed E-state index contributed by atoms with van der Waals surface area (Å²) in [6.07, 6.45) is 1.84. The number of non-ortho nitro benzene ring substituents is 1. The first-order valence-electron chi connectivity index (χ1n) is 7.49. The van der Waals surface area contributed by atoms with Crippen LogP contribution in [0.2, 0.25) is 0 Å². The molecule has 7 heteroatoms. The summed E-state index contributed by atoms with van der Waals surface area (Å²) in [5, 5.41) is 16.1. The van der Waals surface area contributed by atoms with Gasteiger partial charge in [0, 0.05) is 35.0 Å². The van der Waals surface area contributed by atoms with Crippen molar-refractivity contribution in [3.63, 3.8) is 0 Å². The van der Waals surface area contributed by atoms with E-state index < -0.39 is 4.92 Å². The Balaban J connectivity index is 1.67. The number of rotatable bonds is 5. The average Bonchev–Trinajstić information content (AvgIpc) is 3.40. The topological polar surface area (TPSA) is 101 Å². The molecule has 122 valence electrons. The molecule has 3 rings (SSSR count). The van der Waals surface area contributed by atoms with Crippen molar-refractivity contribution in [2.45, 2.75) is 12.8 Å². The third-order valence-corrected chi connectivity index (χ3v) is 3.68. The fourth-order valence-electron chi connectivity index (χ4n) is 2.20. The third kappa shape index (κ3) is 3.75. The number of amides is 2. The van der Waals surface area contributed by atoms with E-state index in [-0.39, 0.29) is 23.4 Å². The monoisotopic (exact) mass is 325 g/mol. The van der Waals surface area contributed by atoms with Gasteiger partial charge >= 0.3 is 0 Å². The van der Waals surface area contributed by atoms with Crippen LogP contribution in [0, 0.1) is 16.0 Å². The molecule has 1 saturated carbocycles. The van der Waals surface area contributed by atoms with Gasteiger partial charge in [0.2, 0.25) is 5.91 Å². The molecule has 7 nitrogen and oxygen atoms in total. The van der Waals surface area contributed by atoms with Crippen molar-refractivity contribution in [2.24, 2.45) is 5.92 Å². The number of anilines is 2. The number of nitrogens with one attached hydrogen (secondary N) is 2. The highest BCUT2D eigenvalue weighted by Crippen LogP contribution is 2.30. The molecule has 0 unspecified atom stereocenters. The maximum absolute atomic E-state index is 12.2. The van der Waals surface area contributed by atoms with E-state index in [2.05, 4.69) is 10.6 Å². The minimum absolute atomic E-state index is 0.00570. The van der Waals surface area contributed by atoms with Crippen molar-refractivity contribution in [1.29, 1.82) is 0 Å². The van der Waals surface area contributed by atoms with Crippen LogP contribution in [-0.2, 0) is 4.79 Å². The van der Waals surface area contributed by atoms with Crippen molar-refractivity contribution < 1.29 is 14.5 Å². The van der Waals surface area contributed by atoms with Gasteiger partial charge in [0.1, 0.15) is 0 Å². The molecule has 0 aromatic heterocycles. The maximum Gasteiger partial charge on any atom is 0.269 e. The van der Waals surface area contributed by atoms with Crippen LogP contribution in [0.4, 0.5) is 17.1 Å². The lowest BCUT2D eigenvalue weighted by Crippen LogP contribution is -2.14. The second kappa shape index (κ2) is 6.49. The lowest BCUT2D eigenvalue weighted by Gasteiger charge is -2.08. The van der Waals surface area contributed by atoms with Gasteiger partial charge in [0.25, 0.3) is 11.6 Å². The molecule has 1 fully saturated rings. The average molecular weight is 325 g/mol. The van der Waals surface area contributed by atoms with Gasteiger partial charge in [0.15, 0.2) is 0 Å². The van der Waals surface area contributed by atoms with Gasteiger partial charge in [-0.05, 0) is 43.2 Å². The largest absolute Gasteiger partial charge is 0.326 e. The normalized spacial score (nSPS) is 13.2. The number of nitro benzene ring substituents is 1. The van der Waals surface area contributed by atoms with Crippen molar-refractivity contribution >= 4 is 28.9 Å². The molecule has 0 spiro atoms. The number of hydrogen-bond acceptors (Lipinski definition) is 4. The number of hydrogen-bond donors (Lipinski definition) is 2. The Labute approximate surface area is 137 Å². The van der Waals surface area contributed by atoms with Gasteiger partial charge in [-0.15, -0.1) is 0 Å². The highest BCUT2D eigenvalue weighted by atomic mass is 16.6. The van der Waals surface area contributed by atoms with E-state index in [9.17, 15) is 19.7 Å². The van der Waals surface area contributed by atoms with Crippen LogP contribution in [0.1, 0.15) is 23.2 Å². The molecule has 1 aliphatic carbocycles. The minimum Gasteiger partial charge on any atom is -0.326 e. The summed E-state index contributed by atoms with van der Waals surface area (Å²) in [6.45, 7) is 0. The standard InChI is InChI=1S/C17H15N3O4/c21-16(11-4-5-11)18-13-2-1-3-14(10-13)19-17(22)12-6-8-15(9-7-12)20(23)24/h1-3,6-11H,4-5H2,(H,18,21)(H,19,22). The van der Waals surface area contributed by atoms with E-state index in [0.717, 1.165) is 12.8 Å². The predicted molar refractivity (Wildman–Crippen MR) is 88.8 cm³/mol. The van der Waals surface area contributed by atoms with Crippen molar-refractivity contribution in [3.05, 3.63) is 64.2 Å². The van der Waals surface area contributed by atoms with Gasteiger partial charge in [-0.3, -0.25) is 19.7 Å². The molecule has 0 heterocycles. The highest BCUT2D eigenvalue weighted by molar-refractivity contribution is 6.04. The summed E-state index contributed by atoms with van der Waals surface area (Å²) in [6, 6.07) is 12.2. The number of benzene rings is 2. The molecule has 24 heavy (non-hydrogen) atoms. The Hall–Kier alpha value is -3.22. The Morgan fingerprint density at radius 1 is 1.00 bits per heavy atom. The zero-order valence-electron chi connectivity index (χ0n) is 12.7. The lowest BCUT2D eigenvalue weighted by molar-refractivity contribution is -0.384. The zero-order valence-corrected chi connectivity index (χ0v) is 12.7. The SMILES string of the molecule is O=C(Nc1cccc(NC(=O)C2CC2)c1)c1ccc([N+](=O)[O-])cc1. The summed E-state index contributed by atoms with van der Waals surface area (Å²) in [4.78, 5) is 34.0. The number of carbonyl (C=O) groups is 2. The molecule has 2 amide bonds. The summed E-state index contributed by atoms with van der Waals surface area (Å²) in [5.41, 5.74) is 1.39. The number of nitrogens with zero attached hydrogens (tertiary/aromatic N) is 1. The zero-order chi connectivity index (χ0) is 17.1. The Kier molecular flexibility index (Phi) is 4.24. The van der Waals surface area contributed by atoms with Crippen molar-refractivity contribution in [2.75, 3.05) is 10.6 Å². The van der Waals surface area contributed by atoms with E-state index in [4.69, 9.17) is 0 Å². The van der Waals surface area contributed by atoms with Crippen LogP contribution in [0.15, 0.2) is 48.5 Å². The van der Waals surface area contributed by atoms with E-state index in [1.165, 1.54) is 24.3 Å². The smallest absolute Gasteiger partial charge is 0.269 e. The number of nitro groups is 1. The molecule has 0 aliphatic heterocycles. The summed E-state index contributed by atoms with van der Waals surface area (Å²) >= 11 is 0. The summed E-state index contributed by atoms with van der Waals surface area (Å²) in [7, 11) is 0. The minimum atomic E-state index is -0.520. The van der Waals surface area contributed by atoms with Gasteiger partial charge < -0.3 is 10.6 Å². The molecule has 2 N–H and O–H groups in total. The van der Waals surface area contributed by atoms with E-state index in [0.29, 0.717) is 16.9 Å². The van der Waals surface area contributed by atoms with Crippen LogP contribution < -0.4 is 10.6 Å². The Morgan fingerprint density at radius 2 is 1.62 bits per heavy atom. The first kappa shape index (κ1) is 15.7. The fourth-order valence-corrected chi connectivity index (χ4v) is 2.20. The van der Waals surface area contributed by atoms with E-state index in [1.807, 2.05) is 0 Å². The molecule has 2 aromatic rings. The predicted octanol–water partition coefficient (Wildman–Crippen LogP) is 3.20. The Bertz CT molecular complexity index is 798. The molecule has 0 atom stereocenters. The second-order valence-electron chi connectivity index (χ2n) is 5.60. The molecular formula is C17H15N3O4. The van der Waals surface area contributed by atoms with Crippen LogP contribution in [-0.4, -0.2) is 16.7 Å². The van der Waals surface area contributed by atoms with Gasteiger partial charge in [0.05, 0.1) is 4.92 Å². The maximum atomic E-state index is 12.2. The van der Waals surface area contributed by atoms with E-state index >= 15 is 0 Å². The van der Waals surface area contributed by atoms with Crippen LogP contribution >= 0.6 is 0 Å². The molecule has 1 aliphatic rings. The first-order chi connectivity index (χ1) is 11.5. The number of carbonyl (C=O) groups excluding carboxylic acids is 2. The van der Waals surface area contributed by atoms with Crippen LogP contribution in [0.3, 0.4) is 0 Å². The molecule has 0 saturated heterocycles. The first-order valence-corrected chi connectivity index (χ1v) is 7.49. The van der Waals surface area contributed by atoms with Crippen molar-refractivity contribution in [3.8, 4) is 0 Å². The lowest BCUT2D eigenvalue weighted by atomic mass is 10.2. The van der Waals surface area contributed by atoms with Gasteiger partial charge in [-0.2, -0.15) is 0 Å². The van der Waals surface area contributed by atoms with Gasteiger partial charge in [-0.25, -0.2) is 0 Å². The molecular weight excluding hydrogens is 310 g/mol. The van der Waals surface area contributed by atoms with Gasteiger partial charge in [-0.1, -0.05) is 6.07 Å².